The van der Waals surface area contributed by atoms with Crippen LogP contribution in [0.15, 0.2) is 77.9 Å². The minimum absolute atomic E-state index is 0.205. The van der Waals surface area contributed by atoms with E-state index >= 15 is 0 Å². The highest BCUT2D eigenvalue weighted by Crippen LogP contribution is 2.28. The van der Waals surface area contributed by atoms with Gasteiger partial charge in [0.05, 0.1) is 19.9 Å². The van der Waals surface area contributed by atoms with Gasteiger partial charge in [0.25, 0.3) is 5.91 Å². The highest BCUT2D eigenvalue weighted by Gasteiger charge is 2.21. The molecule has 0 spiro atoms. The van der Waals surface area contributed by atoms with E-state index in [1.807, 2.05) is 61.5 Å². The maximum absolute atomic E-state index is 12.8. The van der Waals surface area contributed by atoms with Crippen LogP contribution in [0.3, 0.4) is 0 Å². The zero-order chi connectivity index (χ0) is 25.8. The summed E-state index contributed by atoms with van der Waals surface area (Å²) in [7, 11) is 1.56. The van der Waals surface area contributed by atoms with Crippen LogP contribution in [-0.2, 0) is 22.6 Å². The Balaban J connectivity index is 1.63. The average molecular weight is 490 g/mol. The van der Waals surface area contributed by atoms with Crippen molar-refractivity contribution in [3.63, 3.8) is 0 Å². The maximum Gasteiger partial charge on any atom is 0.407 e. The van der Waals surface area contributed by atoms with Crippen LogP contribution in [0, 0.1) is 6.92 Å². The number of hydrogen-bond acceptors (Lipinski definition) is 6. The molecule has 1 atom stereocenters. The molecule has 8 nitrogen and oxygen atoms in total. The van der Waals surface area contributed by atoms with Crippen molar-refractivity contribution in [2.45, 2.75) is 32.9 Å². The third-order valence-electron chi connectivity index (χ3n) is 5.22. The molecule has 0 aliphatic rings. The molecular weight excluding hydrogens is 458 g/mol. The van der Waals surface area contributed by atoms with Crippen LogP contribution in [0.2, 0.25) is 0 Å². The molecule has 0 aliphatic heterocycles. The molecule has 0 fully saturated rings. The number of ether oxygens (including phenoxy) is 3. The molecule has 188 valence electrons. The highest BCUT2D eigenvalue weighted by molar-refractivity contribution is 5.87. The smallest absolute Gasteiger partial charge is 0.407 e. The number of benzene rings is 3. The number of rotatable bonds is 11. The van der Waals surface area contributed by atoms with Crippen LogP contribution in [0.1, 0.15) is 29.2 Å². The second kappa shape index (κ2) is 13.5. The van der Waals surface area contributed by atoms with E-state index < -0.39 is 18.0 Å². The number of nitrogens with zero attached hydrogens (tertiary/aromatic N) is 1. The molecule has 3 rings (SSSR count). The van der Waals surface area contributed by atoms with Crippen LogP contribution in [0.5, 0.6) is 11.5 Å². The molecule has 0 bridgehead atoms. The standard InChI is InChI=1S/C28H31N3O5/c1-4-35-28(33)30-24(16-21-10-6-5-7-11-21)27(32)31-29-18-22-13-14-25(26(17-22)34-3)36-19-23-12-8-9-20(2)15-23/h5-15,17-18,24H,4,16,19H2,1-3H3,(H,30,33)(H,31,32)/b29-18-/t24-/m0/s1. The first-order valence-corrected chi connectivity index (χ1v) is 11.6. The van der Waals surface area contributed by atoms with Gasteiger partial charge in [-0.1, -0.05) is 60.2 Å². The molecule has 8 heteroatoms. The monoisotopic (exact) mass is 489 g/mol. The predicted molar refractivity (Wildman–Crippen MR) is 138 cm³/mol. The van der Waals surface area contributed by atoms with E-state index in [2.05, 4.69) is 21.9 Å². The lowest BCUT2D eigenvalue weighted by atomic mass is 10.1. The number of carbonyl (C=O) groups excluding carboxylic acids is 2. The number of methoxy groups -OCH3 is 1. The third kappa shape index (κ3) is 8.16. The van der Waals surface area contributed by atoms with E-state index in [9.17, 15) is 9.59 Å². The van der Waals surface area contributed by atoms with E-state index in [0.717, 1.165) is 11.1 Å². The number of nitrogens with one attached hydrogen (secondary N) is 2. The van der Waals surface area contributed by atoms with Crippen LogP contribution >= 0.6 is 0 Å². The molecule has 3 aromatic rings. The first-order chi connectivity index (χ1) is 17.5. The Morgan fingerprint density at radius 1 is 0.972 bits per heavy atom. The Hall–Kier alpha value is -4.33. The van der Waals surface area contributed by atoms with Gasteiger partial charge in [-0.25, -0.2) is 10.2 Å². The van der Waals surface area contributed by atoms with Gasteiger partial charge in [-0.2, -0.15) is 5.10 Å². The Kier molecular flexibility index (Phi) is 9.88. The number of hydrogen-bond donors (Lipinski definition) is 2. The highest BCUT2D eigenvalue weighted by atomic mass is 16.5. The minimum Gasteiger partial charge on any atom is -0.493 e. The summed E-state index contributed by atoms with van der Waals surface area (Å²) >= 11 is 0. The van der Waals surface area contributed by atoms with Crippen molar-refractivity contribution in [1.82, 2.24) is 10.7 Å². The molecule has 0 saturated carbocycles. The zero-order valence-corrected chi connectivity index (χ0v) is 20.7. The summed E-state index contributed by atoms with van der Waals surface area (Å²) < 4.78 is 16.3. The second-order valence-electron chi connectivity index (χ2n) is 8.03. The van der Waals surface area contributed by atoms with E-state index in [0.29, 0.717) is 30.1 Å². The molecule has 2 amide bonds. The molecule has 36 heavy (non-hydrogen) atoms. The zero-order valence-electron chi connectivity index (χ0n) is 20.7. The molecule has 2 N–H and O–H groups in total. The Morgan fingerprint density at radius 2 is 1.75 bits per heavy atom. The molecule has 0 radical (unpaired) electrons. The van der Waals surface area contributed by atoms with Crippen molar-refractivity contribution >= 4 is 18.2 Å². The maximum atomic E-state index is 12.8. The van der Waals surface area contributed by atoms with Gasteiger partial charge in [0.1, 0.15) is 12.6 Å². The number of aryl methyl sites for hydroxylation is 1. The van der Waals surface area contributed by atoms with Crippen molar-refractivity contribution in [1.29, 1.82) is 0 Å². The first-order valence-electron chi connectivity index (χ1n) is 11.6. The van der Waals surface area contributed by atoms with Gasteiger partial charge in [-0.05, 0) is 48.7 Å². The van der Waals surface area contributed by atoms with Crippen molar-refractivity contribution in [2.24, 2.45) is 5.10 Å². The van der Waals surface area contributed by atoms with Crippen molar-refractivity contribution in [2.75, 3.05) is 13.7 Å². The van der Waals surface area contributed by atoms with Crippen molar-refractivity contribution < 1.29 is 23.8 Å². The quantitative estimate of drug-likeness (QED) is 0.308. The van der Waals surface area contributed by atoms with Gasteiger partial charge in [0.15, 0.2) is 11.5 Å². The van der Waals surface area contributed by atoms with Crippen LogP contribution in [0.4, 0.5) is 4.79 Å². The summed E-state index contributed by atoms with van der Waals surface area (Å²) in [6.07, 6.45) is 1.12. The SMILES string of the molecule is CCOC(=O)N[C@@H](Cc1ccccc1)C(=O)N/N=C\c1ccc(OCc2cccc(C)c2)c(OC)c1. The summed E-state index contributed by atoms with van der Waals surface area (Å²) in [6.45, 7) is 4.35. The Labute approximate surface area is 211 Å². The lowest BCUT2D eigenvalue weighted by Gasteiger charge is -2.16. The number of amides is 2. The molecular formula is C28H31N3O5. The van der Waals surface area contributed by atoms with Crippen LogP contribution < -0.4 is 20.2 Å². The van der Waals surface area contributed by atoms with Gasteiger partial charge in [0, 0.05) is 6.42 Å². The Morgan fingerprint density at radius 3 is 2.47 bits per heavy atom. The molecule has 0 aliphatic carbocycles. The summed E-state index contributed by atoms with van der Waals surface area (Å²) in [5.74, 6) is 0.679. The van der Waals surface area contributed by atoms with E-state index in [1.165, 1.54) is 11.8 Å². The largest absolute Gasteiger partial charge is 0.493 e. The van der Waals surface area contributed by atoms with E-state index in [-0.39, 0.29) is 6.61 Å². The minimum atomic E-state index is -0.851. The number of alkyl carbamates (subject to hydrolysis) is 1. The normalized spacial score (nSPS) is 11.5. The lowest BCUT2D eigenvalue weighted by Crippen LogP contribution is -2.47. The summed E-state index contributed by atoms with van der Waals surface area (Å²) in [6, 6.07) is 22.0. The fourth-order valence-electron chi connectivity index (χ4n) is 3.47. The van der Waals surface area contributed by atoms with E-state index in [1.54, 1.807) is 26.2 Å². The first kappa shape index (κ1) is 26.3. The number of hydrazone groups is 1. The van der Waals surface area contributed by atoms with Gasteiger partial charge in [0.2, 0.25) is 0 Å². The molecule has 0 saturated heterocycles. The Bertz CT molecular complexity index is 1180. The fourth-order valence-corrected chi connectivity index (χ4v) is 3.47. The fraction of sp³-hybridized carbons (Fsp3) is 0.250. The van der Waals surface area contributed by atoms with Gasteiger partial charge >= 0.3 is 6.09 Å². The average Bonchev–Trinajstić information content (AvgIpc) is 2.88. The van der Waals surface area contributed by atoms with Crippen LogP contribution in [0.25, 0.3) is 0 Å². The molecule has 0 unspecified atom stereocenters. The van der Waals surface area contributed by atoms with E-state index in [4.69, 9.17) is 14.2 Å². The van der Waals surface area contributed by atoms with Crippen molar-refractivity contribution in [3.05, 3.63) is 95.1 Å². The molecule has 3 aromatic carbocycles. The van der Waals surface area contributed by atoms with Gasteiger partial charge in [-0.3, -0.25) is 4.79 Å². The topological polar surface area (TPSA) is 98.2 Å². The van der Waals surface area contributed by atoms with Gasteiger partial charge < -0.3 is 19.5 Å². The predicted octanol–water partition coefficient (Wildman–Crippen LogP) is 4.39. The summed E-state index contributed by atoms with van der Waals surface area (Å²) in [4.78, 5) is 24.7. The second-order valence-corrected chi connectivity index (χ2v) is 8.03. The molecule has 0 aromatic heterocycles. The van der Waals surface area contributed by atoms with Crippen molar-refractivity contribution in [3.8, 4) is 11.5 Å². The summed E-state index contributed by atoms with van der Waals surface area (Å²) in [5.41, 5.74) is 6.31. The van der Waals surface area contributed by atoms with Crippen LogP contribution in [-0.4, -0.2) is 38.0 Å². The van der Waals surface area contributed by atoms with Gasteiger partial charge in [-0.15, -0.1) is 0 Å². The molecule has 0 heterocycles. The lowest BCUT2D eigenvalue weighted by molar-refractivity contribution is -0.123. The number of carbonyl (C=O) groups is 2. The third-order valence-corrected chi connectivity index (χ3v) is 5.22. The summed E-state index contributed by atoms with van der Waals surface area (Å²) in [5, 5.41) is 6.64.